The molecule has 2 atom stereocenters. The molecule has 8 nitrogen and oxygen atoms in total. The predicted octanol–water partition coefficient (Wildman–Crippen LogP) is 4.96. The average Bonchev–Trinajstić information content (AvgIpc) is 3.33. The van der Waals surface area contributed by atoms with Crippen LogP contribution in [0.3, 0.4) is 0 Å². The van der Waals surface area contributed by atoms with Gasteiger partial charge in [0.15, 0.2) is 17.3 Å². The zero-order valence-electron chi connectivity index (χ0n) is 21.2. The lowest BCUT2D eigenvalue weighted by atomic mass is 9.93. The van der Waals surface area contributed by atoms with E-state index in [9.17, 15) is 18.8 Å². The van der Waals surface area contributed by atoms with Crippen molar-refractivity contribution in [2.24, 2.45) is 0 Å². The van der Waals surface area contributed by atoms with Gasteiger partial charge in [0.1, 0.15) is 6.17 Å². The normalized spacial score (nSPS) is 19.7. The first-order valence-electron chi connectivity index (χ1n) is 12.7. The highest BCUT2D eigenvalue weighted by Crippen LogP contribution is 2.46. The first kappa shape index (κ1) is 25.4. The molecule has 2 aromatic carbocycles. The number of aromatic nitrogens is 1. The minimum atomic E-state index is -1.10. The molecule has 39 heavy (non-hydrogen) atoms. The van der Waals surface area contributed by atoms with Crippen LogP contribution in [0.4, 0.5) is 13.6 Å². The fraction of sp³-hybridized carbons (Fsp3) is 0.321. The Labute approximate surface area is 227 Å². The molecule has 0 N–H and O–H groups in total. The summed E-state index contributed by atoms with van der Waals surface area (Å²) in [5.74, 6) is -2.51. The Hall–Kier alpha value is -3.86. The van der Waals surface area contributed by atoms with Crippen LogP contribution in [0.2, 0.25) is 0 Å². The summed E-state index contributed by atoms with van der Waals surface area (Å²) in [5.41, 5.74) is 0.860. The number of rotatable bonds is 3. The van der Waals surface area contributed by atoms with Crippen LogP contribution in [-0.4, -0.2) is 40.5 Å². The quantitative estimate of drug-likeness (QED) is 0.424. The molecule has 3 aliphatic heterocycles. The maximum absolute atomic E-state index is 15.2. The van der Waals surface area contributed by atoms with E-state index in [1.165, 1.54) is 28.7 Å². The smallest absolute Gasteiger partial charge is 0.431 e. The van der Waals surface area contributed by atoms with Crippen molar-refractivity contribution in [2.75, 3.05) is 11.6 Å². The molecule has 0 saturated carbocycles. The summed E-state index contributed by atoms with van der Waals surface area (Å²) < 4.78 is 41.5. The highest BCUT2D eigenvalue weighted by atomic mass is 32.2. The number of hydrogen-bond donors (Lipinski definition) is 0. The van der Waals surface area contributed by atoms with Gasteiger partial charge in [-0.3, -0.25) is 19.3 Å². The van der Waals surface area contributed by atoms with Crippen LogP contribution in [0.1, 0.15) is 59.9 Å². The van der Waals surface area contributed by atoms with Gasteiger partial charge in [-0.15, -0.1) is 11.8 Å². The molecule has 4 heterocycles. The molecule has 1 saturated heterocycles. The van der Waals surface area contributed by atoms with Gasteiger partial charge < -0.3 is 14.4 Å². The van der Waals surface area contributed by atoms with Gasteiger partial charge in [0.05, 0.1) is 12.1 Å². The number of thioether (sulfide) groups is 1. The van der Waals surface area contributed by atoms with Gasteiger partial charge in [-0.25, -0.2) is 13.6 Å². The predicted molar refractivity (Wildman–Crippen MR) is 139 cm³/mol. The second-order valence-electron chi connectivity index (χ2n) is 9.88. The van der Waals surface area contributed by atoms with E-state index in [2.05, 4.69) is 0 Å². The highest BCUT2D eigenvalue weighted by molar-refractivity contribution is 7.98. The summed E-state index contributed by atoms with van der Waals surface area (Å²) in [4.78, 5) is 41.6. The molecule has 1 aromatic heterocycles. The summed E-state index contributed by atoms with van der Waals surface area (Å²) >= 11 is 1.41. The van der Waals surface area contributed by atoms with Crippen molar-refractivity contribution in [3.8, 4) is 5.75 Å². The number of nitrogens with zero attached hydrogens (tertiary/aromatic N) is 3. The van der Waals surface area contributed by atoms with E-state index < -0.39 is 53.2 Å². The van der Waals surface area contributed by atoms with Gasteiger partial charge in [-0.2, -0.15) is 0 Å². The molecule has 0 aliphatic carbocycles. The Morgan fingerprint density at radius 3 is 2.67 bits per heavy atom. The molecule has 3 aliphatic rings. The summed E-state index contributed by atoms with van der Waals surface area (Å²) in [7, 11) is 0. The van der Waals surface area contributed by atoms with Gasteiger partial charge in [0.25, 0.3) is 5.91 Å². The van der Waals surface area contributed by atoms with Gasteiger partial charge in [-0.1, -0.05) is 24.3 Å². The number of fused-ring (bicyclic) bond motifs is 4. The van der Waals surface area contributed by atoms with Crippen molar-refractivity contribution in [1.29, 1.82) is 0 Å². The molecule has 202 valence electrons. The van der Waals surface area contributed by atoms with Crippen molar-refractivity contribution < 1.29 is 27.8 Å². The van der Waals surface area contributed by atoms with Crippen molar-refractivity contribution in [3.63, 3.8) is 0 Å². The number of benzene rings is 2. The zero-order valence-corrected chi connectivity index (χ0v) is 22.0. The summed E-state index contributed by atoms with van der Waals surface area (Å²) in [6.45, 7) is 3.70. The topological polar surface area (TPSA) is 81.1 Å². The van der Waals surface area contributed by atoms with E-state index >= 15 is 4.39 Å². The largest absolute Gasteiger partial charge is 0.514 e. The molecule has 0 spiro atoms. The lowest BCUT2D eigenvalue weighted by molar-refractivity contribution is 0.0608. The zero-order chi connectivity index (χ0) is 27.4. The first-order chi connectivity index (χ1) is 18.8. The molecule has 1 fully saturated rings. The van der Waals surface area contributed by atoms with Crippen LogP contribution in [0.5, 0.6) is 5.75 Å². The van der Waals surface area contributed by atoms with Crippen LogP contribution in [-0.2, 0) is 10.5 Å². The molecule has 0 radical (unpaired) electrons. The third-order valence-corrected chi connectivity index (χ3v) is 8.28. The van der Waals surface area contributed by atoms with Crippen LogP contribution in [0, 0.1) is 11.6 Å². The number of carbonyl (C=O) groups excluding carboxylic acids is 2. The standard InChI is InChI=1S/C28H25F2N3O5S/c1-15(2)37-28(36)38-26-20(34)11-13-32-25(26)27(35)31-12-5-8-22(31)33(32)24-16-9-10-19(29)23(30)18(16)14-39-21-7-4-3-6-17(21)24/h3-4,6-7,9-11,13,15,22,24H,5,8,12,14H2,1-2H3/t22?,24-/m0/s1. The molecular weight excluding hydrogens is 528 g/mol. The van der Waals surface area contributed by atoms with Crippen LogP contribution in [0.15, 0.2) is 58.4 Å². The lowest BCUT2D eigenvalue weighted by Crippen LogP contribution is -2.60. The SMILES string of the molecule is CC(C)OC(=O)Oc1c2n(ccc1=O)N([C@@H]1c3ccccc3SCc3c1ccc(F)c3F)C1CCCN1C2=O. The monoisotopic (exact) mass is 553 g/mol. The van der Waals surface area contributed by atoms with Gasteiger partial charge in [-0.05, 0) is 49.9 Å². The van der Waals surface area contributed by atoms with E-state index in [1.54, 1.807) is 24.8 Å². The Bertz CT molecular complexity index is 1560. The Morgan fingerprint density at radius 1 is 1.08 bits per heavy atom. The first-order valence-corrected chi connectivity index (χ1v) is 13.7. The summed E-state index contributed by atoms with van der Waals surface area (Å²) in [6, 6.07) is 10.9. The number of carbonyl (C=O) groups is 2. The third-order valence-electron chi connectivity index (χ3n) is 7.17. The Balaban J connectivity index is 1.60. The number of amides is 1. The maximum atomic E-state index is 15.2. The van der Waals surface area contributed by atoms with Gasteiger partial charge >= 0.3 is 6.16 Å². The maximum Gasteiger partial charge on any atom is 0.514 e. The molecule has 0 bridgehead atoms. The molecular formula is C28H25F2N3O5S. The summed E-state index contributed by atoms with van der Waals surface area (Å²) in [6.07, 6.45) is 0.745. The van der Waals surface area contributed by atoms with Gasteiger partial charge in [0.2, 0.25) is 11.2 Å². The van der Waals surface area contributed by atoms with Crippen molar-refractivity contribution in [2.45, 2.75) is 55.6 Å². The minimum absolute atomic E-state index is 0.125. The van der Waals surface area contributed by atoms with Crippen molar-refractivity contribution >= 4 is 23.8 Å². The molecule has 6 rings (SSSR count). The second-order valence-corrected chi connectivity index (χ2v) is 10.9. The Morgan fingerprint density at radius 2 is 1.87 bits per heavy atom. The molecule has 3 aromatic rings. The van der Waals surface area contributed by atoms with E-state index in [4.69, 9.17) is 9.47 Å². The molecule has 11 heteroatoms. The van der Waals surface area contributed by atoms with Crippen molar-refractivity contribution in [3.05, 3.63) is 92.9 Å². The number of pyridine rings is 1. The minimum Gasteiger partial charge on any atom is -0.431 e. The van der Waals surface area contributed by atoms with E-state index in [-0.39, 0.29) is 17.0 Å². The van der Waals surface area contributed by atoms with E-state index in [0.717, 1.165) is 16.5 Å². The van der Waals surface area contributed by atoms with Crippen LogP contribution >= 0.6 is 11.8 Å². The van der Waals surface area contributed by atoms with E-state index in [1.807, 2.05) is 29.3 Å². The Kier molecular flexibility index (Phi) is 6.33. The number of halogens is 2. The van der Waals surface area contributed by atoms with Crippen molar-refractivity contribution in [1.82, 2.24) is 9.58 Å². The average molecular weight is 554 g/mol. The van der Waals surface area contributed by atoms with Crippen LogP contribution in [0.25, 0.3) is 0 Å². The lowest BCUT2D eigenvalue weighted by Gasteiger charge is -2.47. The van der Waals surface area contributed by atoms with Gasteiger partial charge in [0, 0.05) is 35.0 Å². The highest BCUT2D eigenvalue weighted by Gasteiger charge is 2.47. The fourth-order valence-electron chi connectivity index (χ4n) is 5.58. The fourth-order valence-corrected chi connectivity index (χ4v) is 6.70. The molecule has 1 unspecified atom stereocenters. The number of ether oxygens (including phenoxy) is 2. The van der Waals surface area contributed by atoms with E-state index in [0.29, 0.717) is 24.9 Å². The second kappa shape index (κ2) is 9.71. The number of hydrogen-bond acceptors (Lipinski definition) is 7. The summed E-state index contributed by atoms with van der Waals surface area (Å²) in [5, 5.41) is 1.91. The van der Waals surface area contributed by atoms with Crippen LogP contribution < -0.4 is 15.2 Å². The molecule has 1 amide bonds. The third kappa shape index (κ3) is 4.15.